The maximum Gasteiger partial charge on any atom is 0.272 e. The van der Waals surface area contributed by atoms with E-state index in [0.717, 1.165) is 13.0 Å². The number of pyridine rings is 1. The first kappa shape index (κ1) is 21.3. The van der Waals surface area contributed by atoms with Gasteiger partial charge in [-0.05, 0) is 52.5 Å². The highest BCUT2D eigenvalue weighted by molar-refractivity contribution is 7.91. The number of carbonyl (C=O) groups excluding carboxylic acids is 2. The van der Waals surface area contributed by atoms with Gasteiger partial charge in [0.05, 0.1) is 11.5 Å². The second kappa shape index (κ2) is 9.27. The molecule has 0 saturated carbocycles. The summed E-state index contributed by atoms with van der Waals surface area (Å²) in [4.78, 5) is 32.8. The average molecular weight is 397 g/mol. The summed E-state index contributed by atoms with van der Waals surface area (Å²) in [6.07, 6.45) is 1.26. The summed E-state index contributed by atoms with van der Waals surface area (Å²) in [5.74, 6) is -0.583. The van der Waals surface area contributed by atoms with Crippen LogP contribution in [0.1, 0.15) is 40.7 Å². The lowest BCUT2D eigenvalue weighted by molar-refractivity contribution is 0.0702. The van der Waals surface area contributed by atoms with Gasteiger partial charge in [0.25, 0.3) is 11.8 Å². The molecule has 2 rings (SSSR count). The Bertz CT molecular complexity index is 779. The van der Waals surface area contributed by atoms with Crippen molar-refractivity contribution in [2.75, 3.05) is 45.2 Å². The maximum atomic E-state index is 12.8. The molecule has 1 fully saturated rings. The van der Waals surface area contributed by atoms with Crippen LogP contribution in [0.5, 0.6) is 0 Å². The number of carbonyl (C=O) groups is 2. The first-order chi connectivity index (χ1) is 12.7. The van der Waals surface area contributed by atoms with Gasteiger partial charge in [0.15, 0.2) is 9.84 Å². The summed E-state index contributed by atoms with van der Waals surface area (Å²) in [6, 6.07) is 4.40. The zero-order valence-electron chi connectivity index (χ0n) is 16.1. The molecule has 1 atom stereocenters. The Morgan fingerprint density at radius 3 is 2.56 bits per heavy atom. The summed E-state index contributed by atoms with van der Waals surface area (Å²) in [5, 5.41) is 2.80. The molecule has 2 heterocycles. The summed E-state index contributed by atoms with van der Waals surface area (Å²) < 4.78 is 23.4. The lowest BCUT2D eigenvalue weighted by Crippen LogP contribution is -2.41. The van der Waals surface area contributed by atoms with Crippen LogP contribution in [-0.2, 0) is 9.84 Å². The average Bonchev–Trinajstić information content (AvgIpc) is 2.98. The first-order valence-corrected chi connectivity index (χ1v) is 11.0. The van der Waals surface area contributed by atoms with E-state index in [-0.39, 0.29) is 40.7 Å². The van der Waals surface area contributed by atoms with Crippen LogP contribution in [0.2, 0.25) is 0 Å². The number of amides is 2. The van der Waals surface area contributed by atoms with Crippen LogP contribution in [0.4, 0.5) is 0 Å². The highest BCUT2D eigenvalue weighted by atomic mass is 32.2. The number of hydrogen-bond acceptors (Lipinski definition) is 6. The SMILES string of the molecule is CCN(C(=O)c1cccc(C(=O)NCCCN(C)C)n1)C1CCS(=O)(=O)C1. The van der Waals surface area contributed by atoms with Crippen LogP contribution < -0.4 is 5.32 Å². The van der Waals surface area contributed by atoms with Crippen molar-refractivity contribution in [3.05, 3.63) is 29.6 Å². The summed E-state index contributed by atoms with van der Waals surface area (Å²) in [7, 11) is 0.843. The quantitative estimate of drug-likeness (QED) is 0.639. The van der Waals surface area contributed by atoms with Crippen molar-refractivity contribution in [2.24, 2.45) is 0 Å². The molecule has 1 N–H and O–H groups in total. The van der Waals surface area contributed by atoms with Gasteiger partial charge in [-0.3, -0.25) is 9.59 Å². The van der Waals surface area contributed by atoms with Crippen LogP contribution in [-0.4, -0.2) is 86.3 Å². The van der Waals surface area contributed by atoms with Gasteiger partial charge in [-0.1, -0.05) is 6.07 Å². The normalized spacial score (nSPS) is 18.4. The minimum Gasteiger partial charge on any atom is -0.351 e. The molecule has 8 nitrogen and oxygen atoms in total. The Morgan fingerprint density at radius 2 is 1.96 bits per heavy atom. The molecule has 1 aliphatic rings. The molecule has 0 bridgehead atoms. The largest absolute Gasteiger partial charge is 0.351 e. The minimum atomic E-state index is -3.09. The fraction of sp³-hybridized carbons (Fsp3) is 0.611. The van der Waals surface area contributed by atoms with Crippen molar-refractivity contribution in [1.29, 1.82) is 0 Å². The van der Waals surface area contributed by atoms with Gasteiger partial charge < -0.3 is 15.1 Å². The van der Waals surface area contributed by atoms with Gasteiger partial charge in [-0.2, -0.15) is 0 Å². The topological polar surface area (TPSA) is 99.7 Å². The van der Waals surface area contributed by atoms with Gasteiger partial charge in [0.1, 0.15) is 11.4 Å². The number of aromatic nitrogens is 1. The molecular weight excluding hydrogens is 368 g/mol. The van der Waals surface area contributed by atoms with Crippen LogP contribution in [0.3, 0.4) is 0 Å². The predicted molar refractivity (Wildman–Crippen MR) is 104 cm³/mol. The van der Waals surface area contributed by atoms with Crippen LogP contribution in [0.25, 0.3) is 0 Å². The number of rotatable bonds is 8. The second-order valence-electron chi connectivity index (χ2n) is 6.97. The van der Waals surface area contributed by atoms with Gasteiger partial charge >= 0.3 is 0 Å². The third-order valence-electron chi connectivity index (χ3n) is 4.52. The molecule has 9 heteroatoms. The van der Waals surface area contributed by atoms with Gasteiger partial charge in [0, 0.05) is 19.1 Å². The zero-order chi connectivity index (χ0) is 20.0. The van der Waals surface area contributed by atoms with Gasteiger partial charge in [-0.25, -0.2) is 13.4 Å². The Morgan fingerprint density at radius 1 is 1.26 bits per heavy atom. The van der Waals surface area contributed by atoms with Crippen molar-refractivity contribution in [3.63, 3.8) is 0 Å². The summed E-state index contributed by atoms with van der Waals surface area (Å²) >= 11 is 0. The van der Waals surface area contributed by atoms with E-state index in [1.54, 1.807) is 18.2 Å². The van der Waals surface area contributed by atoms with Crippen LogP contribution in [0, 0.1) is 0 Å². The second-order valence-corrected chi connectivity index (χ2v) is 9.20. The third-order valence-corrected chi connectivity index (χ3v) is 6.27. The molecule has 27 heavy (non-hydrogen) atoms. The molecule has 0 aromatic carbocycles. The first-order valence-electron chi connectivity index (χ1n) is 9.15. The van der Waals surface area contributed by atoms with Gasteiger partial charge in [0.2, 0.25) is 0 Å². The van der Waals surface area contributed by atoms with E-state index in [2.05, 4.69) is 10.3 Å². The van der Waals surface area contributed by atoms with Crippen LogP contribution in [0.15, 0.2) is 18.2 Å². The lowest BCUT2D eigenvalue weighted by atomic mass is 10.2. The smallest absolute Gasteiger partial charge is 0.272 e. The fourth-order valence-electron chi connectivity index (χ4n) is 3.10. The summed E-state index contributed by atoms with van der Waals surface area (Å²) in [6.45, 7) is 3.59. The van der Waals surface area contributed by atoms with E-state index in [4.69, 9.17) is 0 Å². The monoisotopic (exact) mass is 396 g/mol. The highest BCUT2D eigenvalue weighted by Gasteiger charge is 2.34. The Balaban J connectivity index is 2.04. The van der Waals surface area contributed by atoms with E-state index in [1.165, 1.54) is 4.90 Å². The molecule has 2 amide bonds. The van der Waals surface area contributed by atoms with Crippen LogP contribution >= 0.6 is 0 Å². The molecule has 1 aromatic rings. The number of sulfone groups is 1. The highest BCUT2D eigenvalue weighted by Crippen LogP contribution is 2.19. The molecule has 150 valence electrons. The maximum absolute atomic E-state index is 12.8. The number of nitrogens with zero attached hydrogens (tertiary/aromatic N) is 3. The molecule has 0 aliphatic carbocycles. The van der Waals surface area contributed by atoms with E-state index >= 15 is 0 Å². The molecule has 1 saturated heterocycles. The predicted octanol–water partition coefficient (Wildman–Crippen LogP) is 0.412. The molecule has 1 aromatic heterocycles. The lowest BCUT2D eigenvalue weighted by Gasteiger charge is -2.26. The number of hydrogen-bond donors (Lipinski definition) is 1. The van der Waals surface area contributed by atoms with Crippen molar-refractivity contribution >= 4 is 21.7 Å². The molecule has 0 radical (unpaired) electrons. The third kappa shape index (κ3) is 6.00. The zero-order valence-corrected chi connectivity index (χ0v) is 17.0. The van der Waals surface area contributed by atoms with E-state index < -0.39 is 9.84 Å². The van der Waals surface area contributed by atoms with Crippen molar-refractivity contribution in [3.8, 4) is 0 Å². The molecule has 0 spiro atoms. The Labute approximate surface area is 160 Å². The van der Waals surface area contributed by atoms with E-state index in [0.29, 0.717) is 19.5 Å². The van der Waals surface area contributed by atoms with Crippen molar-refractivity contribution in [2.45, 2.75) is 25.8 Å². The fourth-order valence-corrected chi connectivity index (χ4v) is 4.83. The van der Waals surface area contributed by atoms with Gasteiger partial charge in [-0.15, -0.1) is 0 Å². The van der Waals surface area contributed by atoms with E-state index in [9.17, 15) is 18.0 Å². The standard InChI is InChI=1S/C18H28N4O4S/c1-4-22(14-9-12-27(25,26)13-14)18(24)16-8-5-7-15(20-16)17(23)19-10-6-11-21(2)3/h5,7-8,14H,4,6,9-13H2,1-3H3,(H,19,23). The van der Waals surface area contributed by atoms with Crippen molar-refractivity contribution in [1.82, 2.24) is 20.1 Å². The Kier molecular flexibility index (Phi) is 7.32. The Hall–Kier alpha value is -2.00. The molecule has 1 unspecified atom stereocenters. The molecule has 1 aliphatic heterocycles. The summed E-state index contributed by atoms with van der Waals surface area (Å²) in [5.41, 5.74) is 0.336. The van der Waals surface area contributed by atoms with Crippen molar-refractivity contribution < 1.29 is 18.0 Å². The van der Waals surface area contributed by atoms with E-state index in [1.807, 2.05) is 25.9 Å². The molecular formula is C18H28N4O4S. The number of nitrogens with one attached hydrogen (secondary N) is 1. The minimum absolute atomic E-state index is 0.0152.